The molecule has 0 bridgehead atoms. The van der Waals surface area contributed by atoms with Crippen molar-refractivity contribution in [1.29, 1.82) is 0 Å². The standard InChI is InChI=1S/C15H16N4/c1-11-10-19(2)15(18-11)17-9-13-6-3-5-12-7-4-8-16-14(12)13/h3-8,10H,9H2,1-2H3,(H,17,18). The molecule has 0 spiro atoms. The van der Waals surface area contributed by atoms with Gasteiger partial charge in [-0.05, 0) is 18.6 Å². The van der Waals surface area contributed by atoms with Crippen LogP contribution in [0.1, 0.15) is 11.3 Å². The summed E-state index contributed by atoms with van der Waals surface area (Å²) in [5, 5.41) is 4.52. The Morgan fingerprint density at radius 2 is 2.05 bits per heavy atom. The molecule has 0 fully saturated rings. The SMILES string of the molecule is Cc1cn(C)c(NCc2cccc3cccnc23)n1. The van der Waals surface area contributed by atoms with Gasteiger partial charge in [-0.25, -0.2) is 4.98 Å². The predicted octanol–water partition coefficient (Wildman–Crippen LogP) is 2.89. The first-order chi connectivity index (χ1) is 9.24. The summed E-state index contributed by atoms with van der Waals surface area (Å²) in [4.78, 5) is 8.89. The molecule has 3 rings (SSSR count). The molecule has 0 unspecified atom stereocenters. The van der Waals surface area contributed by atoms with Crippen LogP contribution in [-0.4, -0.2) is 14.5 Å². The first kappa shape index (κ1) is 11.7. The van der Waals surface area contributed by atoms with E-state index in [0.717, 1.165) is 29.1 Å². The molecule has 0 atom stereocenters. The van der Waals surface area contributed by atoms with E-state index in [-0.39, 0.29) is 0 Å². The number of aromatic nitrogens is 3. The average Bonchev–Trinajstić information content (AvgIpc) is 2.74. The summed E-state index contributed by atoms with van der Waals surface area (Å²) < 4.78 is 1.99. The number of fused-ring (bicyclic) bond motifs is 1. The molecule has 1 N–H and O–H groups in total. The fourth-order valence-corrected chi connectivity index (χ4v) is 2.26. The fraction of sp³-hybridized carbons (Fsp3) is 0.200. The van der Waals surface area contributed by atoms with Gasteiger partial charge in [-0.1, -0.05) is 24.3 Å². The van der Waals surface area contributed by atoms with Crippen LogP contribution in [-0.2, 0) is 13.6 Å². The van der Waals surface area contributed by atoms with Crippen molar-refractivity contribution in [1.82, 2.24) is 14.5 Å². The van der Waals surface area contributed by atoms with Crippen molar-refractivity contribution >= 4 is 16.9 Å². The van der Waals surface area contributed by atoms with Crippen LogP contribution in [0.4, 0.5) is 5.95 Å². The summed E-state index contributed by atoms with van der Waals surface area (Å²) in [6.45, 7) is 2.71. The molecular formula is C15H16N4. The molecule has 19 heavy (non-hydrogen) atoms. The highest BCUT2D eigenvalue weighted by atomic mass is 15.2. The summed E-state index contributed by atoms with van der Waals surface area (Å²) in [5.41, 5.74) is 3.24. The zero-order valence-corrected chi connectivity index (χ0v) is 11.1. The third-order valence-electron chi connectivity index (χ3n) is 3.15. The third kappa shape index (κ3) is 2.29. The van der Waals surface area contributed by atoms with Gasteiger partial charge in [0.15, 0.2) is 0 Å². The van der Waals surface area contributed by atoms with Crippen molar-refractivity contribution in [2.75, 3.05) is 5.32 Å². The van der Waals surface area contributed by atoms with Crippen LogP contribution in [0.2, 0.25) is 0 Å². The van der Waals surface area contributed by atoms with Gasteiger partial charge in [-0.2, -0.15) is 0 Å². The second kappa shape index (κ2) is 4.72. The van der Waals surface area contributed by atoms with E-state index in [9.17, 15) is 0 Å². The smallest absolute Gasteiger partial charge is 0.203 e. The third-order valence-corrected chi connectivity index (χ3v) is 3.15. The van der Waals surface area contributed by atoms with Gasteiger partial charge >= 0.3 is 0 Å². The maximum atomic E-state index is 4.45. The van der Waals surface area contributed by atoms with Crippen molar-refractivity contribution in [3.63, 3.8) is 0 Å². The molecule has 0 amide bonds. The molecule has 4 heteroatoms. The van der Waals surface area contributed by atoms with Gasteiger partial charge in [-0.15, -0.1) is 0 Å². The van der Waals surface area contributed by atoms with E-state index < -0.39 is 0 Å². The van der Waals surface area contributed by atoms with Crippen molar-refractivity contribution in [3.05, 3.63) is 54.0 Å². The van der Waals surface area contributed by atoms with E-state index in [1.807, 2.05) is 37.0 Å². The first-order valence-corrected chi connectivity index (χ1v) is 6.30. The Hall–Kier alpha value is -2.36. The summed E-state index contributed by atoms with van der Waals surface area (Å²) in [6.07, 6.45) is 3.83. The normalized spacial score (nSPS) is 10.8. The van der Waals surface area contributed by atoms with E-state index in [2.05, 4.69) is 39.6 Å². The second-order valence-electron chi connectivity index (χ2n) is 4.66. The van der Waals surface area contributed by atoms with Gasteiger partial charge in [0, 0.05) is 31.4 Å². The quantitative estimate of drug-likeness (QED) is 0.779. The highest BCUT2D eigenvalue weighted by molar-refractivity contribution is 5.81. The minimum atomic E-state index is 0.721. The average molecular weight is 252 g/mol. The maximum Gasteiger partial charge on any atom is 0.203 e. The molecular weight excluding hydrogens is 236 g/mol. The second-order valence-corrected chi connectivity index (χ2v) is 4.66. The van der Waals surface area contributed by atoms with Gasteiger partial charge in [0.2, 0.25) is 5.95 Å². The lowest BCUT2D eigenvalue weighted by Crippen LogP contribution is -2.05. The Kier molecular flexibility index (Phi) is 2.91. The number of hydrogen-bond acceptors (Lipinski definition) is 3. The summed E-state index contributed by atoms with van der Waals surface area (Å²) in [6, 6.07) is 10.3. The number of nitrogens with zero attached hydrogens (tertiary/aromatic N) is 3. The van der Waals surface area contributed by atoms with Gasteiger partial charge < -0.3 is 9.88 Å². The topological polar surface area (TPSA) is 42.7 Å². The maximum absolute atomic E-state index is 4.45. The van der Waals surface area contributed by atoms with Crippen molar-refractivity contribution < 1.29 is 0 Å². The van der Waals surface area contributed by atoms with Crippen LogP contribution in [0.3, 0.4) is 0 Å². The number of anilines is 1. The molecule has 96 valence electrons. The minimum absolute atomic E-state index is 0.721. The van der Waals surface area contributed by atoms with Gasteiger partial charge in [0.05, 0.1) is 11.2 Å². The largest absolute Gasteiger partial charge is 0.351 e. The number of para-hydroxylation sites is 1. The lowest BCUT2D eigenvalue weighted by Gasteiger charge is -2.08. The molecule has 0 aliphatic heterocycles. The molecule has 1 aromatic carbocycles. The molecule has 0 aliphatic rings. The monoisotopic (exact) mass is 252 g/mol. The van der Waals surface area contributed by atoms with Crippen LogP contribution in [0.15, 0.2) is 42.7 Å². The minimum Gasteiger partial charge on any atom is -0.351 e. The van der Waals surface area contributed by atoms with Crippen LogP contribution in [0.5, 0.6) is 0 Å². The van der Waals surface area contributed by atoms with Crippen molar-refractivity contribution in [2.45, 2.75) is 13.5 Å². The Bertz CT molecular complexity index is 710. The van der Waals surface area contributed by atoms with Crippen molar-refractivity contribution in [2.24, 2.45) is 7.05 Å². The number of rotatable bonds is 3. The molecule has 0 saturated heterocycles. The number of pyridine rings is 1. The Morgan fingerprint density at radius 3 is 2.84 bits per heavy atom. The van der Waals surface area contributed by atoms with Crippen LogP contribution >= 0.6 is 0 Å². The number of aryl methyl sites for hydroxylation is 2. The Labute approximate surface area is 112 Å². The van der Waals surface area contributed by atoms with Gasteiger partial charge in [0.25, 0.3) is 0 Å². The predicted molar refractivity (Wildman–Crippen MR) is 77.0 cm³/mol. The van der Waals surface area contributed by atoms with Crippen LogP contribution in [0, 0.1) is 6.92 Å². The number of hydrogen-bond donors (Lipinski definition) is 1. The zero-order chi connectivity index (χ0) is 13.2. The summed E-state index contributed by atoms with van der Waals surface area (Å²) >= 11 is 0. The lowest BCUT2D eigenvalue weighted by atomic mass is 10.1. The van der Waals surface area contributed by atoms with E-state index in [4.69, 9.17) is 0 Å². The number of benzene rings is 1. The Morgan fingerprint density at radius 1 is 1.21 bits per heavy atom. The van der Waals surface area contributed by atoms with Crippen LogP contribution < -0.4 is 5.32 Å². The highest BCUT2D eigenvalue weighted by Gasteiger charge is 2.04. The van der Waals surface area contributed by atoms with E-state index in [1.165, 1.54) is 5.56 Å². The molecule has 0 aliphatic carbocycles. The first-order valence-electron chi connectivity index (χ1n) is 6.30. The van der Waals surface area contributed by atoms with Crippen LogP contribution in [0.25, 0.3) is 10.9 Å². The fourth-order valence-electron chi connectivity index (χ4n) is 2.26. The molecule has 2 aromatic heterocycles. The molecule has 4 nitrogen and oxygen atoms in total. The molecule has 3 aromatic rings. The zero-order valence-electron chi connectivity index (χ0n) is 11.1. The van der Waals surface area contributed by atoms with Gasteiger partial charge in [0.1, 0.15) is 0 Å². The number of nitrogens with one attached hydrogen (secondary N) is 1. The van der Waals surface area contributed by atoms with E-state index in [1.54, 1.807) is 0 Å². The van der Waals surface area contributed by atoms with Gasteiger partial charge in [-0.3, -0.25) is 4.98 Å². The van der Waals surface area contributed by atoms with E-state index >= 15 is 0 Å². The number of imidazole rings is 1. The molecule has 2 heterocycles. The molecule has 0 saturated carbocycles. The van der Waals surface area contributed by atoms with Crippen molar-refractivity contribution in [3.8, 4) is 0 Å². The summed E-state index contributed by atoms with van der Waals surface area (Å²) in [7, 11) is 1.99. The highest BCUT2D eigenvalue weighted by Crippen LogP contribution is 2.17. The van der Waals surface area contributed by atoms with E-state index in [0.29, 0.717) is 0 Å². The molecule has 0 radical (unpaired) electrons. The Balaban J connectivity index is 1.88. The summed E-state index contributed by atoms with van der Waals surface area (Å²) in [5.74, 6) is 0.880. The lowest BCUT2D eigenvalue weighted by molar-refractivity contribution is 0.900.